The summed E-state index contributed by atoms with van der Waals surface area (Å²) in [6, 6.07) is 0. The molecule has 2 nitrogen and oxygen atoms in total. The Morgan fingerprint density at radius 3 is 2.11 bits per heavy atom. The lowest BCUT2D eigenvalue weighted by Gasteiger charge is -2.19. The highest BCUT2D eigenvalue weighted by molar-refractivity contribution is 7.77. The first-order valence-corrected chi connectivity index (χ1v) is 4.59. The van der Waals surface area contributed by atoms with Crippen LogP contribution in [-0.4, -0.2) is 18.3 Å². The summed E-state index contributed by atoms with van der Waals surface area (Å²) in [5, 5.41) is 0.630. The van der Waals surface area contributed by atoms with Crippen molar-refractivity contribution in [3.8, 4) is 0 Å². The molecule has 1 heterocycles. The lowest BCUT2D eigenvalue weighted by molar-refractivity contribution is 0.837. The number of rotatable bonds is 1. The van der Waals surface area contributed by atoms with Gasteiger partial charge in [-0.15, -0.1) is 5.25 Å². The van der Waals surface area contributed by atoms with Crippen LogP contribution in [-0.2, 0) is 10.5 Å². The fraction of sp³-hybridized carbons (Fsp3) is 1.00. The molecule has 0 atom stereocenters. The van der Waals surface area contributed by atoms with E-state index in [-0.39, 0.29) is 10.5 Å². The Morgan fingerprint density at radius 2 is 1.78 bits per heavy atom. The molecule has 9 heavy (non-hydrogen) atoms. The molecular formula is C6H13N2S-. The molecule has 1 rings (SSSR count). The normalized spacial score (nSPS) is 21.2. The quantitative estimate of drug-likeness (QED) is 0.502. The van der Waals surface area contributed by atoms with Crippen LogP contribution in [0.3, 0.4) is 0 Å². The molecular weight excluding hydrogens is 132 g/mol. The van der Waals surface area contributed by atoms with Crippen molar-refractivity contribution >= 4 is 10.5 Å². The summed E-state index contributed by atoms with van der Waals surface area (Å²) in [6.07, 6.45) is 1.16. The van der Waals surface area contributed by atoms with Crippen molar-refractivity contribution in [2.75, 3.05) is 13.1 Å². The first kappa shape index (κ1) is 7.06. The zero-order valence-electron chi connectivity index (χ0n) is 6.00. The van der Waals surface area contributed by atoms with E-state index in [4.69, 9.17) is 0 Å². The maximum atomic E-state index is 4.39. The van der Waals surface area contributed by atoms with Gasteiger partial charge in [0.05, 0.1) is 0 Å². The Kier molecular flexibility index (Phi) is 2.51. The minimum atomic E-state index is 0.0536. The monoisotopic (exact) mass is 145 g/mol. The predicted octanol–water partition coefficient (Wildman–Crippen LogP) is 1.78. The second-order valence-electron chi connectivity index (χ2n) is 2.40. The lowest BCUT2D eigenvalue weighted by atomic mass is 10.4. The molecule has 0 unspecified atom stereocenters. The molecule has 0 saturated heterocycles. The number of hydrogen-bond donors (Lipinski definition) is 0. The largest absolute Gasteiger partial charge is 0.418 e. The first-order valence-electron chi connectivity index (χ1n) is 3.39. The van der Waals surface area contributed by atoms with Gasteiger partial charge >= 0.3 is 0 Å². The third kappa shape index (κ3) is 1.97. The maximum absolute atomic E-state index is 4.39. The first-order chi connectivity index (χ1) is 4.30. The van der Waals surface area contributed by atoms with Crippen LogP contribution in [0.1, 0.15) is 20.3 Å². The van der Waals surface area contributed by atoms with Crippen molar-refractivity contribution in [1.29, 1.82) is 0 Å². The predicted molar refractivity (Wildman–Crippen MR) is 41.7 cm³/mol. The summed E-state index contributed by atoms with van der Waals surface area (Å²) in [5.41, 5.74) is 0. The molecule has 1 aliphatic heterocycles. The zero-order valence-corrected chi connectivity index (χ0v) is 6.82. The van der Waals surface area contributed by atoms with Gasteiger partial charge in [0.25, 0.3) is 0 Å². The molecule has 1 aliphatic rings. The molecule has 0 amide bonds. The molecule has 0 aromatic rings. The van der Waals surface area contributed by atoms with E-state index in [1.165, 1.54) is 0 Å². The van der Waals surface area contributed by atoms with Crippen molar-refractivity contribution in [3.63, 3.8) is 0 Å². The Morgan fingerprint density at radius 1 is 1.22 bits per heavy atom. The minimum Gasteiger partial charge on any atom is -0.418 e. The highest BCUT2D eigenvalue weighted by Gasteiger charge is 1.85. The Hall–Kier alpha value is -0.0500. The van der Waals surface area contributed by atoms with Crippen molar-refractivity contribution in [3.05, 3.63) is 0 Å². The Balaban J connectivity index is 2.68. The van der Waals surface area contributed by atoms with Gasteiger partial charge in [0.2, 0.25) is 0 Å². The summed E-state index contributed by atoms with van der Waals surface area (Å²) in [5.74, 6) is 0. The van der Waals surface area contributed by atoms with Gasteiger partial charge in [0.15, 0.2) is 0 Å². The number of nitrogens with zero attached hydrogens (tertiary/aromatic N) is 2. The molecule has 3 heteroatoms. The lowest BCUT2D eigenvalue weighted by Crippen LogP contribution is -2.02. The summed E-state index contributed by atoms with van der Waals surface area (Å²) in [7, 11) is 0.0536. The summed E-state index contributed by atoms with van der Waals surface area (Å²) in [4.78, 5) is 0. The average molecular weight is 145 g/mol. The molecule has 0 spiro atoms. The van der Waals surface area contributed by atoms with Gasteiger partial charge in [0, 0.05) is 13.1 Å². The van der Waals surface area contributed by atoms with E-state index in [0.29, 0.717) is 5.25 Å². The second-order valence-corrected chi connectivity index (χ2v) is 4.44. The average Bonchev–Trinajstić information content (AvgIpc) is 1.90. The second kappa shape index (κ2) is 3.20. The standard InChI is InChI=1S/C6H13N2S/c1-6(2)9-7-4-3-5-8-9/h6H,3-5H2,1-2H3/q-1. The highest BCUT2D eigenvalue weighted by Crippen LogP contribution is 2.00. The van der Waals surface area contributed by atoms with Gasteiger partial charge in [-0.3, -0.25) is 0 Å². The van der Waals surface area contributed by atoms with Crippen LogP contribution in [0, 0.1) is 0 Å². The van der Waals surface area contributed by atoms with Gasteiger partial charge in [-0.25, -0.2) is 0 Å². The Bertz CT molecular complexity index is 154. The van der Waals surface area contributed by atoms with Crippen molar-refractivity contribution in [2.24, 2.45) is 8.73 Å². The molecule has 0 bridgehead atoms. The van der Waals surface area contributed by atoms with E-state index in [9.17, 15) is 0 Å². The van der Waals surface area contributed by atoms with Crippen molar-refractivity contribution < 1.29 is 0 Å². The van der Waals surface area contributed by atoms with Crippen molar-refractivity contribution in [2.45, 2.75) is 25.5 Å². The third-order valence-corrected chi connectivity index (χ3v) is 2.92. The SMILES string of the molecule is CC(C)[S-]1=NCCCN=1. The molecule has 54 valence electrons. The smallest absolute Gasteiger partial charge is 0.0124 e. The topological polar surface area (TPSA) is 24.7 Å². The van der Waals surface area contributed by atoms with Crippen LogP contribution in [0.2, 0.25) is 0 Å². The molecule has 0 N–H and O–H groups in total. The third-order valence-electron chi connectivity index (χ3n) is 1.18. The summed E-state index contributed by atoms with van der Waals surface area (Å²) in [6.45, 7) is 6.43. The number of hydrogen-bond acceptors (Lipinski definition) is 3. The van der Waals surface area contributed by atoms with Crippen LogP contribution in [0.4, 0.5) is 0 Å². The molecule has 0 aromatic heterocycles. The highest BCUT2D eigenvalue weighted by atomic mass is 32.2. The van der Waals surface area contributed by atoms with Crippen LogP contribution in [0.15, 0.2) is 8.73 Å². The minimum absolute atomic E-state index is 0.0536. The summed E-state index contributed by atoms with van der Waals surface area (Å²) >= 11 is 0. The van der Waals surface area contributed by atoms with Crippen LogP contribution in [0.25, 0.3) is 0 Å². The van der Waals surface area contributed by atoms with E-state index < -0.39 is 0 Å². The fourth-order valence-electron chi connectivity index (χ4n) is 0.726. The van der Waals surface area contributed by atoms with E-state index in [2.05, 4.69) is 22.6 Å². The maximum Gasteiger partial charge on any atom is 0.0124 e. The molecule has 0 radical (unpaired) electrons. The zero-order chi connectivity index (χ0) is 6.69. The van der Waals surface area contributed by atoms with Gasteiger partial charge in [-0.2, -0.15) is 0 Å². The summed E-state index contributed by atoms with van der Waals surface area (Å²) < 4.78 is 8.78. The van der Waals surface area contributed by atoms with Crippen molar-refractivity contribution in [1.82, 2.24) is 0 Å². The molecule has 0 saturated carbocycles. The van der Waals surface area contributed by atoms with Crippen LogP contribution >= 0.6 is 0 Å². The van der Waals surface area contributed by atoms with Gasteiger partial charge < -0.3 is 19.2 Å². The van der Waals surface area contributed by atoms with E-state index in [1.54, 1.807) is 0 Å². The fourth-order valence-corrected chi connectivity index (χ4v) is 2.04. The van der Waals surface area contributed by atoms with Gasteiger partial charge in [-0.1, -0.05) is 13.8 Å². The van der Waals surface area contributed by atoms with Gasteiger partial charge in [0.1, 0.15) is 0 Å². The molecule has 0 fully saturated rings. The Labute approximate surface area is 58.5 Å². The van der Waals surface area contributed by atoms with Crippen LogP contribution in [0.5, 0.6) is 0 Å². The van der Waals surface area contributed by atoms with E-state index >= 15 is 0 Å². The molecule has 0 aromatic carbocycles. The van der Waals surface area contributed by atoms with Gasteiger partial charge in [-0.05, 0) is 6.42 Å². The van der Waals surface area contributed by atoms with E-state index in [1.807, 2.05) is 0 Å². The van der Waals surface area contributed by atoms with E-state index in [0.717, 1.165) is 19.5 Å². The molecule has 0 aliphatic carbocycles. The van der Waals surface area contributed by atoms with Crippen LogP contribution < -0.4 is 0 Å².